The summed E-state index contributed by atoms with van der Waals surface area (Å²) in [7, 11) is 3.15. The summed E-state index contributed by atoms with van der Waals surface area (Å²) in [5.41, 5.74) is 2.22. The van der Waals surface area contributed by atoms with Gasteiger partial charge in [0.2, 0.25) is 0 Å². The second-order valence-corrected chi connectivity index (χ2v) is 4.26. The van der Waals surface area contributed by atoms with Crippen molar-refractivity contribution in [2.45, 2.75) is 6.92 Å². The van der Waals surface area contributed by atoms with Gasteiger partial charge in [0, 0.05) is 17.5 Å². The number of hydrogen-bond donors (Lipinski definition) is 1. The number of benzene rings is 1. The van der Waals surface area contributed by atoms with E-state index in [-0.39, 0.29) is 0 Å². The number of hydrogen-bond acceptors (Lipinski definition) is 4. The van der Waals surface area contributed by atoms with E-state index in [0.29, 0.717) is 22.7 Å². The van der Waals surface area contributed by atoms with Gasteiger partial charge in [0.15, 0.2) is 0 Å². The molecule has 1 aromatic carbocycles. The molecule has 0 aliphatic heterocycles. The number of rotatable bonds is 4. The first kappa shape index (κ1) is 13.9. The standard InChI is InChI=1S/C15H15NO4/c1-9-6-10(4-5-14(17)18)16-15-12(9)7-11(19-2)8-13(15)20-3/h4-8H,1-3H3,(H,17,18)/b5-4+. The predicted octanol–water partition coefficient (Wildman–Crippen LogP) is 2.66. The Hall–Kier alpha value is -2.56. The van der Waals surface area contributed by atoms with Gasteiger partial charge in [0.25, 0.3) is 0 Å². The van der Waals surface area contributed by atoms with E-state index in [4.69, 9.17) is 14.6 Å². The molecule has 20 heavy (non-hydrogen) atoms. The van der Waals surface area contributed by atoms with E-state index in [1.54, 1.807) is 20.3 Å². The SMILES string of the molecule is COc1cc(OC)c2nc(/C=C/C(=O)O)cc(C)c2c1. The van der Waals surface area contributed by atoms with E-state index in [2.05, 4.69) is 4.98 Å². The van der Waals surface area contributed by atoms with Crippen LogP contribution in [0.4, 0.5) is 0 Å². The summed E-state index contributed by atoms with van der Waals surface area (Å²) in [6.45, 7) is 1.93. The van der Waals surface area contributed by atoms with Crippen LogP contribution in [0.2, 0.25) is 0 Å². The monoisotopic (exact) mass is 273 g/mol. The average Bonchev–Trinajstić information content (AvgIpc) is 2.44. The Morgan fingerprint density at radius 2 is 2.00 bits per heavy atom. The molecule has 0 aliphatic carbocycles. The van der Waals surface area contributed by atoms with Gasteiger partial charge in [0.05, 0.1) is 19.9 Å². The Morgan fingerprint density at radius 3 is 2.60 bits per heavy atom. The molecule has 1 N–H and O–H groups in total. The van der Waals surface area contributed by atoms with Gasteiger partial charge in [-0.1, -0.05) is 0 Å². The number of aromatic nitrogens is 1. The molecule has 0 amide bonds. The van der Waals surface area contributed by atoms with Gasteiger partial charge >= 0.3 is 5.97 Å². The quantitative estimate of drug-likeness (QED) is 0.867. The maximum atomic E-state index is 10.6. The molecular formula is C15H15NO4. The molecule has 0 spiro atoms. The fraction of sp³-hybridized carbons (Fsp3) is 0.200. The van der Waals surface area contributed by atoms with Crippen molar-refractivity contribution in [1.82, 2.24) is 4.98 Å². The van der Waals surface area contributed by atoms with E-state index in [1.807, 2.05) is 19.1 Å². The summed E-state index contributed by atoms with van der Waals surface area (Å²) in [5.74, 6) is 0.271. The van der Waals surface area contributed by atoms with Gasteiger partial charge in [-0.05, 0) is 30.7 Å². The maximum absolute atomic E-state index is 10.6. The normalized spacial score (nSPS) is 10.9. The minimum atomic E-state index is -1.01. The Morgan fingerprint density at radius 1 is 1.25 bits per heavy atom. The minimum absolute atomic E-state index is 0.570. The molecular weight excluding hydrogens is 258 g/mol. The molecule has 0 radical (unpaired) electrons. The second-order valence-electron chi connectivity index (χ2n) is 4.26. The highest BCUT2D eigenvalue weighted by Crippen LogP contribution is 2.32. The zero-order valence-electron chi connectivity index (χ0n) is 11.5. The van der Waals surface area contributed by atoms with Crippen LogP contribution in [-0.2, 0) is 4.79 Å². The van der Waals surface area contributed by atoms with Gasteiger partial charge in [-0.15, -0.1) is 0 Å². The van der Waals surface area contributed by atoms with Crippen LogP contribution in [0.15, 0.2) is 24.3 Å². The van der Waals surface area contributed by atoms with E-state index >= 15 is 0 Å². The van der Waals surface area contributed by atoms with Crippen LogP contribution in [0.1, 0.15) is 11.3 Å². The first-order valence-electron chi connectivity index (χ1n) is 5.99. The lowest BCUT2D eigenvalue weighted by Crippen LogP contribution is -1.95. The first-order valence-corrected chi connectivity index (χ1v) is 5.99. The number of ether oxygens (including phenoxy) is 2. The lowest BCUT2D eigenvalue weighted by atomic mass is 10.1. The molecule has 0 saturated heterocycles. The van der Waals surface area contributed by atoms with Crippen molar-refractivity contribution in [3.8, 4) is 11.5 Å². The van der Waals surface area contributed by atoms with E-state index in [9.17, 15) is 4.79 Å². The summed E-state index contributed by atoms with van der Waals surface area (Å²) < 4.78 is 10.6. The van der Waals surface area contributed by atoms with Crippen LogP contribution in [-0.4, -0.2) is 30.3 Å². The van der Waals surface area contributed by atoms with Crippen LogP contribution in [0.25, 0.3) is 17.0 Å². The summed E-state index contributed by atoms with van der Waals surface area (Å²) in [6, 6.07) is 5.45. The third kappa shape index (κ3) is 2.71. The number of pyridine rings is 1. The van der Waals surface area contributed by atoms with Crippen molar-refractivity contribution in [2.75, 3.05) is 14.2 Å². The van der Waals surface area contributed by atoms with E-state index < -0.39 is 5.97 Å². The molecule has 5 heteroatoms. The predicted molar refractivity (Wildman–Crippen MR) is 76.3 cm³/mol. The van der Waals surface area contributed by atoms with Crippen molar-refractivity contribution in [3.63, 3.8) is 0 Å². The zero-order chi connectivity index (χ0) is 14.7. The minimum Gasteiger partial charge on any atom is -0.497 e. The molecule has 0 unspecified atom stereocenters. The fourth-order valence-electron chi connectivity index (χ4n) is 1.97. The molecule has 0 fully saturated rings. The van der Waals surface area contributed by atoms with Crippen LogP contribution in [0.3, 0.4) is 0 Å². The highest BCUT2D eigenvalue weighted by molar-refractivity contribution is 5.91. The van der Waals surface area contributed by atoms with Gasteiger partial charge < -0.3 is 14.6 Å². The number of fused-ring (bicyclic) bond motifs is 1. The fourth-order valence-corrected chi connectivity index (χ4v) is 1.97. The van der Waals surface area contributed by atoms with Crippen LogP contribution in [0, 0.1) is 6.92 Å². The Kier molecular flexibility index (Phi) is 3.89. The highest BCUT2D eigenvalue weighted by Gasteiger charge is 2.10. The molecule has 0 saturated carbocycles. The number of aryl methyl sites for hydroxylation is 1. The summed E-state index contributed by atoms with van der Waals surface area (Å²) in [6.07, 6.45) is 2.52. The van der Waals surface area contributed by atoms with Crippen molar-refractivity contribution in [2.24, 2.45) is 0 Å². The zero-order valence-corrected chi connectivity index (χ0v) is 11.5. The maximum Gasteiger partial charge on any atom is 0.328 e. The third-order valence-corrected chi connectivity index (χ3v) is 2.93. The lowest BCUT2D eigenvalue weighted by Gasteiger charge is -2.10. The van der Waals surface area contributed by atoms with Crippen molar-refractivity contribution in [1.29, 1.82) is 0 Å². The molecule has 2 aromatic rings. The van der Waals surface area contributed by atoms with Crippen LogP contribution < -0.4 is 9.47 Å². The third-order valence-electron chi connectivity index (χ3n) is 2.93. The molecule has 0 atom stereocenters. The molecule has 104 valence electrons. The summed E-state index contributed by atoms with van der Waals surface area (Å²) in [4.78, 5) is 15.0. The Balaban J connectivity index is 2.66. The number of methoxy groups -OCH3 is 2. The highest BCUT2D eigenvalue weighted by atomic mass is 16.5. The lowest BCUT2D eigenvalue weighted by molar-refractivity contribution is -0.131. The number of carboxylic acid groups (broad SMARTS) is 1. The molecule has 5 nitrogen and oxygen atoms in total. The van der Waals surface area contributed by atoms with E-state index in [0.717, 1.165) is 17.0 Å². The summed E-state index contributed by atoms with van der Waals surface area (Å²) >= 11 is 0. The largest absolute Gasteiger partial charge is 0.497 e. The van der Waals surface area contributed by atoms with Gasteiger partial charge in [-0.2, -0.15) is 0 Å². The molecule has 0 bridgehead atoms. The molecule has 1 heterocycles. The van der Waals surface area contributed by atoms with Gasteiger partial charge in [-0.3, -0.25) is 0 Å². The van der Waals surface area contributed by atoms with Gasteiger partial charge in [-0.25, -0.2) is 9.78 Å². The van der Waals surface area contributed by atoms with Crippen LogP contribution in [0.5, 0.6) is 11.5 Å². The number of carbonyl (C=O) groups is 1. The second kappa shape index (κ2) is 5.61. The Bertz CT molecular complexity index is 692. The van der Waals surface area contributed by atoms with Crippen molar-refractivity contribution >= 4 is 22.9 Å². The topological polar surface area (TPSA) is 68.7 Å². The average molecular weight is 273 g/mol. The van der Waals surface area contributed by atoms with Crippen LogP contribution >= 0.6 is 0 Å². The van der Waals surface area contributed by atoms with Crippen molar-refractivity contribution < 1.29 is 19.4 Å². The first-order chi connectivity index (χ1) is 9.55. The smallest absolute Gasteiger partial charge is 0.328 e. The molecule has 2 rings (SSSR count). The van der Waals surface area contributed by atoms with Crippen molar-refractivity contribution in [3.05, 3.63) is 35.5 Å². The summed E-state index contributed by atoms with van der Waals surface area (Å²) in [5, 5.41) is 9.58. The Labute approximate surface area is 116 Å². The molecule has 0 aliphatic rings. The number of aliphatic carboxylic acids is 1. The van der Waals surface area contributed by atoms with E-state index in [1.165, 1.54) is 6.08 Å². The number of nitrogens with zero attached hydrogens (tertiary/aromatic N) is 1. The van der Waals surface area contributed by atoms with Gasteiger partial charge in [0.1, 0.15) is 17.0 Å². The number of carboxylic acids is 1. The molecule has 1 aromatic heterocycles.